The zero-order chi connectivity index (χ0) is 13.2. The molecule has 17 heavy (non-hydrogen) atoms. The number of esters is 1. The van der Waals surface area contributed by atoms with Crippen LogP contribution in [0.4, 0.5) is 23.2 Å². The zero-order valence-electron chi connectivity index (χ0n) is 8.77. The fourth-order valence-electron chi connectivity index (χ4n) is 1.26. The minimum absolute atomic E-state index is 0.0291. The van der Waals surface area contributed by atoms with E-state index in [-0.39, 0.29) is 12.2 Å². The zero-order valence-corrected chi connectivity index (χ0v) is 8.77. The Labute approximate surface area is 94.2 Å². The van der Waals surface area contributed by atoms with Crippen molar-refractivity contribution in [2.24, 2.45) is 0 Å². The Kier molecular flexibility index (Phi) is 3.59. The lowest BCUT2D eigenvalue weighted by Gasteiger charge is -2.12. The highest BCUT2D eigenvalue weighted by Crippen LogP contribution is 2.36. The highest BCUT2D eigenvalue weighted by atomic mass is 19.4. The van der Waals surface area contributed by atoms with E-state index >= 15 is 0 Å². The van der Waals surface area contributed by atoms with Crippen LogP contribution in [0.25, 0.3) is 0 Å². The Balaban J connectivity index is 3.23. The molecule has 7 heteroatoms. The predicted molar refractivity (Wildman–Crippen MR) is 51.8 cm³/mol. The number of hydrogen-bond acceptors (Lipinski definition) is 3. The van der Waals surface area contributed by atoms with Crippen LogP contribution in [0.3, 0.4) is 0 Å². The van der Waals surface area contributed by atoms with E-state index in [9.17, 15) is 22.4 Å². The number of nitrogen functional groups attached to an aromatic ring is 1. The lowest BCUT2D eigenvalue weighted by atomic mass is 10.1. The van der Waals surface area contributed by atoms with Crippen LogP contribution in [0.5, 0.6) is 0 Å². The van der Waals surface area contributed by atoms with E-state index in [0.717, 1.165) is 6.07 Å². The summed E-state index contributed by atoms with van der Waals surface area (Å²) in [7, 11) is 0. The minimum Gasteiger partial charge on any atom is -0.462 e. The Morgan fingerprint density at radius 3 is 2.41 bits per heavy atom. The van der Waals surface area contributed by atoms with Gasteiger partial charge in [-0.3, -0.25) is 0 Å². The summed E-state index contributed by atoms with van der Waals surface area (Å²) in [5, 5.41) is 0. The van der Waals surface area contributed by atoms with Gasteiger partial charge in [0.05, 0.1) is 12.2 Å². The molecule has 0 aliphatic heterocycles. The van der Waals surface area contributed by atoms with Crippen molar-refractivity contribution in [2.45, 2.75) is 13.1 Å². The molecule has 0 aromatic heterocycles. The van der Waals surface area contributed by atoms with Gasteiger partial charge in [0.15, 0.2) is 0 Å². The highest BCUT2D eigenvalue weighted by Gasteiger charge is 2.37. The van der Waals surface area contributed by atoms with Crippen molar-refractivity contribution in [1.29, 1.82) is 0 Å². The van der Waals surface area contributed by atoms with Crippen molar-refractivity contribution in [3.63, 3.8) is 0 Å². The first-order valence-corrected chi connectivity index (χ1v) is 4.60. The van der Waals surface area contributed by atoms with Crippen LogP contribution >= 0.6 is 0 Å². The molecule has 94 valence electrons. The molecule has 1 rings (SSSR count). The molecule has 0 aliphatic rings. The van der Waals surface area contributed by atoms with Gasteiger partial charge in [0.1, 0.15) is 11.4 Å². The fourth-order valence-corrected chi connectivity index (χ4v) is 1.26. The van der Waals surface area contributed by atoms with Crippen LogP contribution in [0.15, 0.2) is 12.1 Å². The molecule has 0 saturated heterocycles. The van der Waals surface area contributed by atoms with Gasteiger partial charge < -0.3 is 10.5 Å². The summed E-state index contributed by atoms with van der Waals surface area (Å²) in [5.74, 6) is -2.52. The van der Waals surface area contributed by atoms with E-state index in [2.05, 4.69) is 4.74 Å². The number of ether oxygens (including phenoxy) is 1. The maximum atomic E-state index is 13.2. The third-order valence-electron chi connectivity index (χ3n) is 1.92. The number of rotatable bonds is 2. The van der Waals surface area contributed by atoms with E-state index in [4.69, 9.17) is 5.73 Å². The van der Waals surface area contributed by atoms with Gasteiger partial charge in [-0.25, -0.2) is 9.18 Å². The lowest BCUT2D eigenvalue weighted by molar-refractivity contribution is -0.139. The first-order chi connectivity index (χ1) is 7.77. The van der Waals surface area contributed by atoms with E-state index < -0.39 is 29.2 Å². The fraction of sp³-hybridized carbons (Fsp3) is 0.300. The summed E-state index contributed by atoms with van der Waals surface area (Å²) in [4.78, 5) is 11.2. The number of halogens is 4. The van der Waals surface area contributed by atoms with Crippen molar-refractivity contribution in [3.05, 3.63) is 29.1 Å². The van der Waals surface area contributed by atoms with Crippen molar-refractivity contribution in [2.75, 3.05) is 12.3 Å². The summed E-state index contributed by atoms with van der Waals surface area (Å²) in [6.07, 6.45) is -4.90. The number of benzene rings is 1. The first kappa shape index (κ1) is 13.3. The second-order valence-electron chi connectivity index (χ2n) is 3.14. The standard InChI is InChI=1S/C10H9F4NO2/c1-2-17-9(16)5-3-6(11)8(7(15)4-5)10(12,13)14/h3-4H,2,15H2,1H3. The Bertz CT molecular complexity index is 419. The molecule has 0 amide bonds. The number of carbonyl (C=O) groups is 1. The number of hydrogen-bond donors (Lipinski definition) is 1. The molecule has 0 unspecified atom stereocenters. The SMILES string of the molecule is CCOC(=O)c1cc(N)c(C(F)(F)F)c(F)c1. The average molecular weight is 251 g/mol. The van der Waals surface area contributed by atoms with Crippen molar-refractivity contribution in [3.8, 4) is 0 Å². The topological polar surface area (TPSA) is 52.3 Å². The van der Waals surface area contributed by atoms with Gasteiger partial charge in [-0.1, -0.05) is 0 Å². The van der Waals surface area contributed by atoms with Crippen LogP contribution in [0, 0.1) is 5.82 Å². The summed E-state index contributed by atoms with van der Waals surface area (Å²) in [6, 6.07) is 1.20. The summed E-state index contributed by atoms with van der Waals surface area (Å²) >= 11 is 0. The third kappa shape index (κ3) is 2.86. The molecule has 2 N–H and O–H groups in total. The number of alkyl halides is 3. The lowest BCUT2D eigenvalue weighted by Crippen LogP contribution is -2.14. The minimum atomic E-state index is -4.90. The molecule has 0 fully saturated rings. The van der Waals surface area contributed by atoms with Gasteiger partial charge >= 0.3 is 12.1 Å². The van der Waals surface area contributed by atoms with Crippen molar-refractivity contribution in [1.82, 2.24) is 0 Å². The molecule has 0 spiro atoms. The van der Waals surface area contributed by atoms with Gasteiger partial charge in [0, 0.05) is 5.69 Å². The van der Waals surface area contributed by atoms with Gasteiger partial charge in [-0.2, -0.15) is 13.2 Å². The highest BCUT2D eigenvalue weighted by molar-refractivity contribution is 5.90. The van der Waals surface area contributed by atoms with Crippen LogP contribution in [0.2, 0.25) is 0 Å². The molecular weight excluding hydrogens is 242 g/mol. The van der Waals surface area contributed by atoms with Crippen LogP contribution < -0.4 is 5.73 Å². The molecule has 1 aromatic carbocycles. The Morgan fingerprint density at radius 2 is 2.00 bits per heavy atom. The number of anilines is 1. The quantitative estimate of drug-likeness (QED) is 0.499. The summed E-state index contributed by atoms with van der Waals surface area (Å²) < 4.78 is 54.8. The molecule has 0 heterocycles. The molecule has 3 nitrogen and oxygen atoms in total. The Hall–Kier alpha value is -1.79. The number of nitrogens with two attached hydrogens (primary N) is 1. The first-order valence-electron chi connectivity index (χ1n) is 4.60. The van der Waals surface area contributed by atoms with Gasteiger partial charge in [-0.15, -0.1) is 0 Å². The smallest absolute Gasteiger partial charge is 0.421 e. The molecule has 0 radical (unpaired) electrons. The second kappa shape index (κ2) is 4.60. The maximum absolute atomic E-state index is 13.2. The second-order valence-corrected chi connectivity index (χ2v) is 3.14. The van der Waals surface area contributed by atoms with Gasteiger partial charge in [0.25, 0.3) is 0 Å². The van der Waals surface area contributed by atoms with Crippen molar-refractivity contribution >= 4 is 11.7 Å². The molecule has 1 aromatic rings. The Morgan fingerprint density at radius 1 is 1.41 bits per heavy atom. The van der Waals surface area contributed by atoms with E-state index in [0.29, 0.717) is 6.07 Å². The number of carbonyl (C=O) groups excluding carboxylic acids is 1. The average Bonchev–Trinajstić information content (AvgIpc) is 2.14. The van der Waals surface area contributed by atoms with Crippen LogP contribution in [-0.4, -0.2) is 12.6 Å². The molecule has 0 saturated carbocycles. The van der Waals surface area contributed by atoms with Gasteiger partial charge in [0.2, 0.25) is 0 Å². The largest absolute Gasteiger partial charge is 0.462 e. The summed E-state index contributed by atoms with van der Waals surface area (Å²) in [5.41, 5.74) is 2.30. The normalized spacial score (nSPS) is 11.4. The maximum Gasteiger partial charge on any atom is 0.421 e. The van der Waals surface area contributed by atoms with Crippen LogP contribution in [0.1, 0.15) is 22.8 Å². The van der Waals surface area contributed by atoms with Crippen LogP contribution in [-0.2, 0) is 10.9 Å². The van der Waals surface area contributed by atoms with E-state index in [1.54, 1.807) is 0 Å². The predicted octanol–water partition coefficient (Wildman–Crippen LogP) is 2.60. The summed E-state index contributed by atoms with van der Waals surface area (Å²) in [6.45, 7) is 1.54. The van der Waals surface area contributed by atoms with Crippen molar-refractivity contribution < 1.29 is 27.1 Å². The third-order valence-corrected chi connectivity index (χ3v) is 1.92. The van der Waals surface area contributed by atoms with Gasteiger partial charge in [-0.05, 0) is 19.1 Å². The monoisotopic (exact) mass is 251 g/mol. The molecule has 0 aliphatic carbocycles. The van der Waals surface area contributed by atoms with E-state index in [1.165, 1.54) is 6.92 Å². The van der Waals surface area contributed by atoms with E-state index in [1.807, 2.05) is 0 Å². The molecule has 0 atom stereocenters. The molecule has 0 bridgehead atoms. The molecular formula is C10H9F4NO2.